The Morgan fingerprint density at radius 1 is 1.14 bits per heavy atom. The van der Waals surface area contributed by atoms with Crippen molar-refractivity contribution < 1.29 is 9.53 Å². The van der Waals surface area contributed by atoms with Crippen LogP contribution in [0.3, 0.4) is 0 Å². The van der Waals surface area contributed by atoms with E-state index in [1.807, 2.05) is 29.2 Å². The van der Waals surface area contributed by atoms with Gasteiger partial charge in [-0.05, 0) is 37.4 Å². The lowest BCUT2D eigenvalue weighted by molar-refractivity contribution is -0.134. The summed E-state index contributed by atoms with van der Waals surface area (Å²) in [6.45, 7) is 10.8. The number of hydrogen-bond donors (Lipinski definition) is 0. The molecule has 1 amide bonds. The number of ether oxygens (including phenoxy) is 1. The minimum absolute atomic E-state index is 0.249. The van der Waals surface area contributed by atoms with Gasteiger partial charge in [0, 0.05) is 43.7 Å². The first-order valence-electron chi connectivity index (χ1n) is 9.94. The SMILES string of the molecule is CCN(CC)CC(=O)N1CCN(Cc2csc(-c3ccc(OC)cc3)n2)CC1. The number of carbonyl (C=O) groups is 1. The Bertz CT molecular complexity index is 750. The number of likely N-dealkylation sites (N-methyl/N-ethyl adjacent to an activating group) is 1. The highest BCUT2D eigenvalue weighted by molar-refractivity contribution is 7.13. The second kappa shape index (κ2) is 10.0. The smallest absolute Gasteiger partial charge is 0.236 e. The van der Waals surface area contributed by atoms with E-state index in [1.165, 1.54) is 0 Å². The minimum atomic E-state index is 0.249. The summed E-state index contributed by atoms with van der Waals surface area (Å²) in [5.41, 5.74) is 2.21. The average molecular weight is 403 g/mol. The third kappa shape index (κ3) is 5.31. The molecule has 0 aliphatic carbocycles. The number of carbonyl (C=O) groups excluding carboxylic acids is 1. The van der Waals surface area contributed by atoms with Crippen LogP contribution < -0.4 is 4.74 Å². The van der Waals surface area contributed by atoms with Crippen LogP contribution in [-0.4, -0.2) is 78.5 Å². The molecule has 1 aromatic heterocycles. The lowest BCUT2D eigenvalue weighted by Gasteiger charge is -2.35. The first-order chi connectivity index (χ1) is 13.6. The van der Waals surface area contributed by atoms with Crippen molar-refractivity contribution in [3.63, 3.8) is 0 Å². The van der Waals surface area contributed by atoms with E-state index in [0.29, 0.717) is 6.54 Å². The summed E-state index contributed by atoms with van der Waals surface area (Å²) in [5, 5.41) is 3.17. The molecule has 3 rings (SSSR count). The predicted octanol–water partition coefficient (Wildman–Crippen LogP) is 2.80. The number of rotatable bonds is 8. The van der Waals surface area contributed by atoms with Crippen LogP contribution in [0.1, 0.15) is 19.5 Å². The fourth-order valence-electron chi connectivity index (χ4n) is 3.37. The van der Waals surface area contributed by atoms with E-state index in [1.54, 1.807) is 18.4 Å². The average Bonchev–Trinajstić information content (AvgIpc) is 3.21. The van der Waals surface area contributed by atoms with Crippen LogP contribution in [0.5, 0.6) is 5.75 Å². The van der Waals surface area contributed by atoms with E-state index >= 15 is 0 Å². The van der Waals surface area contributed by atoms with E-state index in [-0.39, 0.29) is 5.91 Å². The lowest BCUT2D eigenvalue weighted by atomic mass is 10.2. The highest BCUT2D eigenvalue weighted by Crippen LogP contribution is 2.26. The zero-order chi connectivity index (χ0) is 19.9. The molecule has 28 heavy (non-hydrogen) atoms. The Morgan fingerprint density at radius 2 is 1.82 bits per heavy atom. The van der Waals surface area contributed by atoms with Crippen LogP contribution in [0.15, 0.2) is 29.6 Å². The van der Waals surface area contributed by atoms with Gasteiger partial charge in [0.15, 0.2) is 0 Å². The molecule has 0 bridgehead atoms. The summed E-state index contributed by atoms with van der Waals surface area (Å²) in [4.78, 5) is 23.8. The van der Waals surface area contributed by atoms with Crippen molar-refractivity contribution in [2.24, 2.45) is 0 Å². The Labute approximate surface area is 171 Å². The normalized spacial score (nSPS) is 15.2. The maximum Gasteiger partial charge on any atom is 0.236 e. The number of hydrogen-bond acceptors (Lipinski definition) is 6. The molecule has 2 heterocycles. The molecule has 0 saturated carbocycles. The van der Waals surface area contributed by atoms with Gasteiger partial charge in [-0.1, -0.05) is 13.8 Å². The number of thiazole rings is 1. The number of benzene rings is 1. The monoisotopic (exact) mass is 402 g/mol. The molecule has 0 radical (unpaired) electrons. The van der Waals surface area contributed by atoms with Gasteiger partial charge in [0.05, 0.1) is 19.3 Å². The second-order valence-electron chi connectivity index (χ2n) is 6.99. The van der Waals surface area contributed by atoms with Gasteiger partial charge >= 0.3 is 0 Å². The van der Waals surface area contributed by atoms with Gasteiger partial charge in [0.25, 0.3) is 0 Å². The number of aromatic nitrogens is 1. The molecule has 1 aliphatic heterocycles. The molecular formula is C21H30N4O2S. The molecule has 1 fully saturated rings. The van der Waals surface area contributed by atoms with Crippen molar-refractivity contribution in [3.8, 4) is 16.3 Å². The fourth-order valence-corrected chi connectivity index (χ4v) is 4.19. The van der Waals surface area contributed by atoms with Crippen LogP contribution >= 0.6 is 11.3 Å². The van der Waals surface area contributed by atoms with Crippen molar-refractivity contribution >= 4 is 17.2 Å². The predicted molar refractivity (Wildman–Crippen MR) is 114 cm³/mol. The van der Waals surface area contributed by atoms with Gasteiger partial charge in [-0.25, -0.2) is 4.98 Å². The third-order valence-corrected chi connectivity index (χ3v) is 6.19. The molecule has 0 atom stereocenters. The van der Waals surface area contributed by atoms with Crippen molar-refractivity contribution in [2.45, 2.75) is 20.4 Å². The Hall–Kier alpha value is -1.96. The lowest BCUT2D eigenvalue weighted by Crippen LogP contribution is -2.50. The summed E-state index contributed by atoms with van der Waals surface area (Å²) in [6.07, 6.45) is 0. The zero-order valence-corrected chi connectivity index (χ0v) is 17.9. The van der Waals surface area contributed by atoms with Gasteiger partial charge in [-0.3, -0.25) is 14.6 Å². The zero-order valence-electron chi connectivity index (χ0n) is 17.1. The molecular weight excluding hydrogens is 372 g/mol. The third-order valence-electron chi connectivity index (χ3n) is 5.25. The molecule has 7 heteroatoms. The van der Waals surface area contributed by atoms with Gasteiger partial charge in [0.1, 0.15) is 10.8 Å². The van der Waals surface area contributed by atoms with Gasteiger partial charge < -0.3 is 9.64 Å². The van der Waals surface area contributed by atoms with Crippen LogP contribution in [0.2, 0.25) is 0 Å². The molecule has 152 valence electrons. The Morgan fingerprint density at radius 3 is 2.43 bits per heavy atom. The van der Waals surface area contributed by atoms with Crippen LogP contribution in [0, 0.1) is 0 Å². The van der Waals surface area contributed by atoms with Gasteiger partial charge in [0.2, 0.25) is 5.91 Å². The number of nitrogens with zero attached hydrogens (tertiary/aromatic N) is 4. The fraction of sp³-hybridized carbons (Fsp3) is 0.524. The van der Waals surface area contributed by atoms with Crippen LogP contribution in [0.25, 0.3) is 10.6 Å². The van der Waals surface area contributed by atoms with E-state index in [4.69, 9.17) is 9.72 Å². The maximum absolute atomic E-state index is 12.4. The summed E-state index contributed by atoms with van der Waals surface area (Å²) >= 11 is 1.67. The largest absolute Gasteiger partial charge is 0.497 e. The Balaban J connectivity index is 1.50. The molecule has 0 spiro atoms. The number of piperazine rings is 1. The summed E-state index contributed by atoms with van der Waals surface area (Å²) < 4.78 is 5.22. The molecule has 1 aromatic carbocycles. The van der Waals surface area contributed by atoms with Crippen molar-refractivity contribution in [2.75, 3.05) is 52.9 Å². The maximum atomic E-state index is 12.4. The van der Waals surface area contributed by atoms with Crippen molar-refractivity contribution in [3.05, 3.63) is 35.3 Å². The quantitative estimate of drug-likeness (QED) is 0.680. The molecule has 1 aliphatic rings. The second-order valence-corrected chi connectivity index (χ2v) is 7.85. The number of methoxy groups -OCH3 is 1. The molecule has 0 unspecified atom stereocenters. The van der Waals surface area contributed by atoms with E-state index in [0.717, 1.165) is 67.8 Å². The standard InChI is InChI=1S/C21H30N4O2S/c1-4-23(5-2)15-20(26)25-12-10-24(11-13-25)14-18-16-28-21(22-18)17-6-8-19(27-3)9-7-17/h6-9,16H,4-5,10-15H2,1-3H3. The van der Waals surface area contributed by atoms with Gasteiger partial charge in [-0.2, -0.15) is 0 Å². The van der Waals surface area contributed by atoms with E-state index in [2.05, 4.69) is 29.0 Å². The summed E-state index contributed by atoms with van der Waals surface area (Å²) in [5.74, 6) is 1.10. The highest BCUT2D eigenvalue weighted by atomic mass is 32.1. The highest BCUT2D eigenvalue weighted by Gasteiger charge is 2.22. The van der Waals surface area contributed by atoms with Gasteiger partial charge in [-0.15, -0.1) is 11.3 Å². The molecule has 1 saturated heterocycles. The van der Waals surface area contributed by atoms with E-state index < -0.39 is 0 Å². The summed E-state index contributed by atoms with van der Waals surface area (Å²) in [7, 11) is 1.67. The van der Waals surface area contributed by atoms with Crippen LogP contribution in [-0.2, 0) is 11.3 Å². The Kier molecular flexibility index (Phi) is 7.42. The molecule has 6 nitrogen and oxygen atoms in total. The first kappa shape index (κ1) is 20.8. The van der Waals surface area contributed by atoms with E-state index in [9.17, 15) is 4.79 Å². The van der Waals surface area contributed by atoms with Crippen molar-refractivity contribution in [1.29, 1.82) is 0 Å². The topological polar surface area (TPSA) is 48.9 Å². The van der Waals surface area contributed by atoms with Crippen molar-refractivity contribution in [1.82, 2.24) is 19.7 Å². The first-order valence-corrected chi connectivity index (χ1v) is 10.8. The molecule has 0 N–H and O–H groups in total. The number of amides is 1. The summed E-state index contributed by atoms with van der Waals surface area (Å²) in [6, 6.07) is 8.01. The van der Waals surface area contributed by atoms with Crippen LogP contribution in [0.4, 0.5) is 0 Å². The molecule has 2 aromatic rings. The minimum Gasteiger partial charge on any atom is -0.497 e.